The van der Waals surface area contributed by atoms with E-state index in [1.54, 1.807) is 0 Å². The number of rotatable bonds is 4. The quantitative estimate of drug-likeness (QED) is 0.642. The summed E-state index contributed by atoms with van der Waals surface area (Å²) in [5.74, 6) is -0.0138. The van der Waals surface area contributed by atoms with Crippen molar-refractivity contribution >= 4 is 11.9 Å². The second-order valence-electron chi connectivity index (χ2n) is 7.37. The van der Waals surface area contributed by atoms with Crippen molar-refractivity contribution in [1.82, 2.24) is 5.32 Å². The molecule has 0 bridgehead atoms. The molecule has 0 aromatic heterocycles. The summed E-state index contributed by atoms with van der Waals surface area (Å²) in [5, 5.41) is 11.2. The third-order valence-corrected chi connectivity index (χ3v) is 4.98. The summed E-state index contributed by atoms with van der Waals surface area (Å²) < 4.78 is 9.94. The number of methoxy groups -OCH3 is 1. The zero-order valence-electron chi connectivity index (χ0n) is 18.0. The molecule has 168 valence electrons. The van der Waals surface area contributed by atoms with Crippen LogP contribution in [0.5, 0.6) is 5.75 Å². The van der Waals surface area contributed by atoms with Gasteiger partial charge in [0.15, 0.2) is 0 Å². The summed E-state index contributed by atoms with van der Waals surface area (Å²) in [7, 11) is 1.34. The molecular weight excluding hydrogens is 396 g/mol. The van der Waals surface area contributed by atoms with Crippen LogP contribution in [-0.2, 0) is 27.2 Å². The summed E-state index contributed by atoms with van der Waals surface area (Å²) in [5.41, 5.74) is 7.98. The van der Waals surface area contributed by atoms with E-state index in [0.29, 0.717) is 6.42 Å². The van der Waals surface area contributed by atoms with E-state index >= 15 is 0 Å². The number of fused-ring (bicyclic) bond motifs is 1. The Morgan fingerprint density at radius 1 is 1.16 bits per heavy atom. The SMILES string of the molecule is COC(=O)C(N)Cc1ccccc1.O=C(O)[C@@H]1CCCN1.c1ccc2c(c1)CCCO2. The Balaban J connectivity index is 0.000000170. The number of hydrogen-bond acceptors (Lipinski definition) is 6. The summed E-state index contributed by atoms with van der Waals surface area (Å²) in [6.07, 6.45) is 4.65. The molecular formula is C24H32N2O5. The fourth-order valence-electron chi connectivity index (χ4n) is 3.29. The molecule has 2 aliphatic heterocycles. The molecule has 2 atom stereocenters. The van der Waals surface area contributed by atoms with Crippen molar-refractivity contribution in [2.45, 2.75) is 44.2 Å². The number of esters is 1. The van der Waals surface area contributed by atoms with Gasteiger partial charge in [-0.1, -0.05) is 48.5 Å². The molecule has 4 rings (SSSR count). The van der Waals surface area contributed by atoms with E-state index in [1.807, 2.05) is 42.5 Å². The van der Waals surface area contributed by atoms with Gasteiger partial charge in [-0.05, 0) is 55.8 Å². The number of ether oxygens (including phenoxy) is 2. The molecule has 0 radical (unpaired) electrons. The van der Waals surface area contributed by atoms with E-state index in [-0.39, 0.29) is 12.0 Å². The molecule has 1 fully saturated rings. The largest absolute Gasteiger partial charge is 0.493 e. The number of nitrogens with one attached hydrogen (secondary N) is 1. The highest BCUT2D eigenvalue weighted by Crippen LogP contribution is 2.23. The Hall–Kier alpha value is -2.90. The molecule has 7 heteroatoms. The van der Waals surface area contributed by atoms with Gasteiger partial charge in [0, 0.05) is 0 Å². The zero-order valence-corrected chi connectivity index (χ0v) is 18.0. The lowest BCUT2D eigenvalue weighted by Gasteiger charge is -2.15. The number of carbonyl (C=O) groups excluding carboxylic acids is 1. The van der Waals surface area contributed by atoms with Gasteiger partial charge in [0.1, 0.15) is 17.8 Å². The van der Waals surface area contributed by atoms with Crippen LogP contribution in [0.4, 0.5) is 0 Å². The van der Waals surface area contributed by atoms with Gasteiger partial charge >= 0.3 is 11.9 Å². The maximum absolute atomic E-state index is 11.0. The van der Waals surface area contributed by atoms with Crippen LogP contribution < -0.4 is 15.8 Å². The van der Waals surface area contributed by atoms with Crippen molar-refractivity contribution in [2.75, 3.05) is 20.3 Å². The van der Waals surface area contributed by atoms with E-state index in [0.717, 1.165) is 43.7 Å². The van der Waals surface area contributed by atoms with Crippen LogP contribution >= 0.6 is 0 Å². The summed E-state index contributed by atoms with van der Waals surface area (Å²) in [6, 6.07) is 17.0. The Kier molecular flexibility index (Phi) is 10.5. The highest BCUT2D eigenvalue weighted by atomic mass is 16.5. The van der Waals surface area contributed by atoms with Gasteiger partial charge in [-0.25, -0.2) is 0 Å². The first-order chi connectivity index (χ1) is 15.0. The van der Waals surface area contributed by atoms with Gasteiger partial charge in [-0.15, -0.1) is 0 Å². The van der Waals surface area contributed by atoms with Crippen LogP contribution in [0.1, 0.15) is 30.4 Å². The van der Waals surface area contributed by atoms with E-state index in [2.05, 4.69) is 22.2 Å². The molecule has 2 aliphatic rings. The molecule has 1 unspecified atom stereocenters. The minimum absolute atomic E-state index is 0.269. The lowest BCUT2D eigenvalue weighted by molar-refractivity contribution is -0.142. The molecule has 2 aromatic carbocycles. The predicted molar refractivity (Wildman–Crippen MR) is 119 cm³/mol. The number of aryl methyl sites for hydroxylation is 1. The summed E-state index contributed by atoms with van der Waals surface area (Å²) in [6.45, 7) is 1.74. The number of para-hydroxylation sites is 1. The topological polar surface area (TPSA) is 111 Å². The number of carboxylic acids is 1. The average molecular weight is 429 g/mol. The average Bonchev–Trinajstić information content (AvgIpc) is 3.36. The van der Waals surface area contributed by atoms with E-state index in [9.17, 15) is 9.59 Å². The van der Waals surface area contributed by atoms with Crippen LogP contribution in [0.2, 0.25) is 0 Å². The Morgan fingerprint density at radius 2 is 1.87 bits per heavy atom. The Bertz CT molecular complexity index is 782. The van der Waals surface area contributed by atoms with Crippen molar-refractivity contribution in [3.8, 4) is 5.75 Å². The van der Waals surface area contributed by atoms with Crippen LogP contribution in [0, 0.1) is 0 Å². The van der Waals surface area contributed by atoms with Gasteiger partial charge in [0.05, 0.1) is 13.7 Å². The number of hydrogen-bond donors (Lipinski definition) is 3. The minimum atomic E-state index is -0.720. The molecule has 0 aliphatic carbocycles. The summed E-state index contributed by atoms with van der Waals surface area (Å²) >= 11 is 0. The molecule has 7 nitrogen and oxygen atoms in total. The van der Waals surface area contributed by atoms with Crippen molar-refractivity contribution in [1.29, 1.82) is 0 Å². The Labute approximate surface area is 183 Å². The highest BCUT2D eigenvalue weighted by molar-refractivity contribution is 5.75. The number of carbonyl (C=O) groups is 2. The number of nitrogens with two attached hydrogens (primary N) is 1. The van der Waals surface area contributed by atoms with Crippen molar-refractivity contribution in [3.63, 3.8) is 0 Å². The fourth-order valence-corrected chi connectivity index (χ4v) is 3.29. The Morgan fingerprint density at radius 3 is 2.45 bits per heavy atom. The molecule has 0 saturated carbocycles. The maximum Gasteiger partial charge on any atom is 0.322 e. The predicted octanol–water partition coefficient (Wildman–Crippen LogP) is 2.56. The lowest BCUT2D eigenvalue weighted by Crippen LogP contribution is -2.33. The first kappa shape index (κ1) is 24.4. The third kappa shape index (κ3) is 8.78. The fraction of sp³-hybridized carbons (Fsp3) is 0.417. The van der Waals surface area contributed by atoms with E-state index in [1.165, 1.54) is 19.1 Å². The highest BCUT2D eigenvalue weighted by Gasteiger charge is 2.20. The monoisotopic (exact) mass is 428 g/mol. The first-order valence-corrected chi connectivity index (χ1v) is 10.6. The molecule has 0 spiro atoms. The maximum atomic E-state index is 11.0. The summed E-state index contributed by atoms with van der Waals surface area (Å²) in [4.78, 5) is 21.1. The minimum Gasteiger partial charge on any atom is -0.493 e. The van der Waals surface area contributed by atoms with E-state index < -0.39 is 12.0 Å². The number of aliphatic carboxylic acids is 1. The number of benzene rings is 2. The van der Waals surface area contributed by atoms with Gasteiger partial charge in [0.2, 0.25) is 0 Å². The van der Waals surface area contributed by atoms with Crippen LogP contribution in [0.25, 0.3) is 0 Å². The third-order valence-electron chi connectivity index (χ3n) is 4.98. The van der Waals surface area contributed by atoms with Gasteiger partial charge in [0.25, 0.3) is 0 Å². The van der Waals surface area contributed by atoms with E-state index in [4.69, 9.17) is 15.6 Å². The standard InChI is InChI=1S/C10H13NO2.C9H10O.C5H9NO2/c1-13-10(12)9(11)7-8-5-3-2-4-6-8;1-2-6-9-8(4-1)5-3-7-10-9;7-5(8)4-2-1-3-6-4/h2-6,9H,7,11H2,1H3;1-2,4,6H,3,5,7H2;4,6H,1-3H2,(H,7,8)/t;;4-/m..0/s1. The molecule has 4 N–H and O–H groups in total. The first-order valence-electron chi connectivity index (χ1n) is 10.6. The molecule has 2 heterocycles. The van der Waals surface area contributed by atoms with Gasteiger partial charge in [-0.3, -0.25) is 9.59 Å². The van der Waals surface area contributed by atoms with Crippen LogP contribution in [-0.4, -0.2) is 49.4 Å². The van der Waals surface area contributed by atoms with Crippen molar-refractivity contribution in [3.05, 3.63) is 65.7 Å². The number of carboxylic acid groups (broad SMARTS) is 1. The van der Waals surface area contributed by atoms with Crippen LogP contribution in [0.3, 0.4) is 0 Å². The van der Waals surface area contributed by atoms with Crippen LogP contribution in [0.15, 0.2) is 54.6 Å². The molecule has 2 aromatic rings. The van der Waals surface area contributed by atoms with Crippen molar-refractivity contribution < 1.29 is 24.2 Å². The smallest absolute Gasteiger partial charge is 0.322 e. The lowest BCUT2D eigenvalue weighted by atomic mass is 10.1. The van der Waals surface area contributed by atoms with Gasteiger partial charge < -0.3 is 25.6 Å². The zero-order chi connectivity index (χ0) is 22.5. The molecule has 0 amide bonds. The normalized spacial score (nSPS) is 17.4. The van der Waals surface area contributed by atoms with Gasteiger partial charge in [-0.2, -0.15) is 0 Å². The second kappa shape index (κ2) is 13.4. The molecule has 1 saturated heterocycles. The second-order valence-corrected chi connectivity index (χ2v) is 7.37. The molecule has 31 heavy (non-hydrogen) atoms. The van der Waals surface area contributed by atoms with Crippen molar-refractivity contribution in [2.24, 2.45) is 5.73 Å².